The van der Waals surface area contributed by atoms with Crippen LogP contribution < -0.4 is 21.7 Å². The summed E-state index contributed by atoms with van der Waals surface area (Å²) >= 11 is 0. The van der Waals surface area contributed by atoms with Crippen molar-refractivity contribution in [3.05, 3.63) is 11.6 Å². The fourth-order valence-corrected chi connectivity index (χ4v) is 2.93. The van der Waals surface area contributed by atoms with Crippen molar-refractivity contribution in [2.24, 2.45) is 11.7 Å². The van der Waals surface area contributed by atoms with Crippen LogP contribution in [0.15, 0.2) is 11.6 Å². The van der Waals surface area contributed by atoms with E-state index in [1.165, 1.54) is 6.08 Å². The fourth-order valence-electron chi connectivity index (χ4n) is 2.93. The van der Waals surface area contributed by atoms with Gasteiger partial charge in [-0.1, -0.05) is 19.9 Å². The van der Waals surface area contributed by atoms with Gasteiger partial charge < -0.3 is 31.9 Å². The van der Waals surface area contributed by atoms with Crippen LogP contribution in [0.1, 0.15) is 39.5 Å². The number of primary amides is 1. The van der Waals surface area contributed by atoms with Crippen molar-refractivity contribution < 1.29 is 24.6 Å². The van der Waals surface area contributed by atoms with Crippen molar-refractivity contribution >= 4 is 17.7 Å². The van der Waals surface area contributed by atoms with E-state index in [1.807, 2.05) is 13.8 Å². The minimum Gasteiger partial charge on any atom is -0.390 e. The van der Waals surface area contributed by atoms with E-state index in [-0.39, 0.29) is 30.9 Å². The molecule has 0 aliphatic heterocycles. The fraction of sp³-hybridized carbons (Fsp3) is 0.722. The summed E-state index contributed by atoms with van der Waals surface area (Å²) < 4.78 is 0. The summed E-state index contributed by atoms with van der Waals surface area (Å²) in [5, 5.41) is 28.5. The van der Waals surface area contributed by atoms with Crippen LogP contribution in [0.4, 0.5) is 0 Å². The van der Waals surface area contributed by atoms with Crippen molar-refractivity contribution in [3.8, 4) is 0 Å². The standard InChI is InChI=1S/C18H32N4O5/c1-10(2)7-13(20-3)18(27)22-12-8-11(9-14(23)16(12)25)17(26)21-6-4-5-15(19)24/h8,10,12-14,16,20,23,25H,4-7,9H2,1-3H3,(H2,19,24)(H,21,26)(H,22,27). The zero-order valence-corrected chi connectivity index (χ0v) is 16.2. The SMILES string of the molecule is CNC(CC(C)C)C(=O)NC1C=C(C(=O)NCCCC(N)=O)CC(O)C1O. The van der Waals surface area contributed by atoms with E-state index in [0.717, 1.165) is 0 Å². The molecule has 3 amide bonds. The van der Waals surface area contributed by atoms with Gasteiger partial charge in [-0.15, -0.1) is 0 Å². The van der Waals surface area contributed by atoms with Gasteiger partial charge >= 0.3 is 0 Å². The lowest BCUT2D eigenvalue weighted by molar-refractivity contribution is -0.126. The van der Waals surface area contributed by atoms with E-state index in [1.54, 1.807) is 7.05 Å². The zero-order chi connectivity index (χ0) is 20.6. The van der Waals surface area contributed by atoms with Crippen molar-refractivity contribution in [2.75, 3.05) is 13.6 Å². The summed E-state index contributed by atoms with van der Waals surface area (Å²) in [5.41, 5.74) is 5.33. The monoisotopic (exact) mass is 384 g/mol. The molecule has 0 aromatic rings. The van der Waals surface area contributed by atoms with Gasteiger partial charge in [-0.2, -0.15) is 0 Å². The molecule has 154 valence electrons. The van der Waals surface area contributed by atoms with Crippen LogP contribution in [-0.2, 0) is 14.4 Å². The molecule has 0 bridgehead atoms. The molecule has 0 heterocycles. The molecule has 1 rings (SSSR count). The summed E-state index contributed by atoms with van der Waals surface area (Å²) in [7, 11) is 1.68. The Morgan fingerprint density at radius 3 is 2.52 bits per heavy atom. The Morgan fingerprint density at radius 2 is 1.96 bits per heavy atom. The van der Waals surface area contributed by atoms with Gasteiger partial charge in [0.1, 0.15) is 6.10 Å². The van der Waals surface area contributed by atoms with E-state index in [4.69, 9.17) is 5.73 Å². The van der Waals surface area contributed by atoms with Gasteiger partial charge in [0, 0.05) is 25.0 Å². The molecule has 0 aromatic heterocycles. The van der Waals surface area contributed by atoms with Crippen molar-refractivity contribution in [1.82, 2.24) is 16.0 Å². The second-order valence-corrected chi connectivity index (χ2v) is 7.28. The third-order valence-electron chi connectivity index (χ3n) is 4.43. The first kappa shape index (κ1) is 23.1. The number of hydrogen-bond acceptors (Lipinski definition) is 6. The Kier molecular flexibility index (Phi) is 9.40. The van der Waals surface area contributed by atoms with E-state index in [9.17, 15) is 24.6 Å². The van der Waals surface area contributed by atoms with Crippen LogP contribution in [0.5, 0.6) is 0 Å². The molecular weight excluding hydrogens is 352 g/mol. The van der Waals surface area contributed by atoms with Gasteiger partial charge in [0.05, 0.1) is 18.2 Å². The minimum absolute atomic E-state index is 0.0172. The molecule has 27 heavy (non-hydrogen) atoms. The van der Waals surface area contributed by atoms with E-state index in [2.05, 4.69) is 16.0 Å². The molecule has 1 aliphatic rings. The van der Waals surface area contributed by atoms with Crippen LogP contribution in [-0.4, -0.2) is 65.8 Å². The molecular formula is C18H32N4O5. The molecule has 0 radical (unpaired) electrons. The number of nitrogens with two attached hydrogens (primary N) is 1. The number of aliphatic hydroxyl groups is 2. The lowest BCUT2D eigenvalue weighted by Crippen LogP contribution is -2.55. The molecule has 1 aliphatic carbocycles. The van der Waals surface area contributed by atoms with E-state index < -0.39 is 36.1 Å². The van der Waals surface area contributed by atoms with Crippen LogP contribution in [0.3, 0.4) is 0 Å². The van der Waals surface area contributed by atoms with Gasteiger partial charge in [-0.3, -0.25) is 14.4 Å². The number of nitrogens with one attached hydrogen (secondary N) is 3. The Morgan fingerprint density at radius 1 is 1.30 bits per heavy atom. The van der Waals surface area contributed by atoms with Crippen molar-refractivity contribution in [3.63, 3.8) is 0 Å². The number of amides is 3. The maximum atomic E-state index is 12.4. The lowest BCUT2D eigenvalue weighted by Gasteiger charge is -2.32. The molecule has 4 unspecified atom stereocenters. The van der Waals surface area contributed by atoms with Gasteiger partial charge in [-0.05, 0) is 25.8 Å². The average Bonchev–Trinajstić information content (AvgIpc) is 2.59. The molecule has 0 fully saturated rings. The highest BCUT2D eigenvalue weighted by Gasteiger charge is 2.34. The second kappa shape index (κ2) is 11.0. The van der Waals surface area contributed by atoms with Crippen LogP contribution in [0, 0.1) is 5.92 Å². The molecule has 0 saturated carbocycles. The third-order valence-corrected chi connectivity index (χ3v) is 4.43. The third kappa shape index (κ3) is 7.66. The van der Waals surface area contributed by atoms with Crippen molar-refractivity contribution in [1.29, 1.82) is 0 Å². The quantitative estimate of drug-likeness (QED) is 0.253. The summed E-state index contributed by atoms with van der Waals surface area (Å²) in [4.78, 5) is 35.4. The van der Waals surface area contributed by atoms with Crippen molar-refractivity contribution in [2.45, 2.75) is 63.8 Å². The zero-order valence-electron chi connectivity index (χ0n) is 16.2. The van der Waals surface area contributed by atoms with Crippen LogP contribution >= 0.6 is 0 Å². The lowest BCUT2D eigenvalue weighted by atomic mass is 9.89. The molecule has 0 saturated heterocycles. The first-order valence-electron chi connectivity index (χ1n) is 9.26. The Labute approximate surface area is 159 Å². The highest BCUT2D eigenvalue weighted by Crippen LogP contribution is 2.20. The van der Waals surface area contributed by atoms with E-state index in [0.29, 0.717) is 18.8 Å². The number of carbonyl (C=O) groups is 3. The number of likely N-dealkylation sites (N-methyl/N-ethyl adjacent to an activating group) is 1. The predicted molar refractivity (Wildman–Crippen MR) is 100 cm³/mol. The minimum atomic E-state index is -1.20. The molecule has 0 aromatic carbocycles. The van der Waals surface area contributed by atoms with Gasteiger partial charge in [-0.25, -0.2) is 0 Å². The number of hydrogen-bond donors (Lipinski definition) is 6. The molecule has 0 spiro atoms. The molecule has 9 heteroatoms. The number of rotatable bonds is 10. The predicted octanol–water partition coefficient (Wildman–Crippen LogP) is -1.46. The maximum Gasteiger partial charge on any atom is 0.247 e. The summed E-state index contributed by atoms with van der Waals surface area (Å²) in [6, 6.07) is -1.30. The Balaban J connectivity index is 2.74. The van der Waals surface area contributed by atoms with Crippen LogP contribution in [0.25, 0.3) is 0 Å². The van der Waals surface area contributed by atoms with E-state index >= 15 is 0 Å². The highest BCUT2D eigenvalue weighted by atomic mass is 16.3. The molecule has 4 atom stereocenters. The first-order valence-corrected chi connectivity index (χ1v) is 9.26. The Bertz CT molecular complexity index is 564. The largest absolute Gasteiger partial charge is 0.390 e. The van der Waals surface area contributed by atoms with Gasteiger partial charge in [0.15, 0.2) is 0 Å². The summed E-state index contributed by atoms with van der Waals surface area (Å²) in [6.07, 6.45) is 0.295. The normalized spacial score (nSPS) is 23.5. The highest BCUT2D eigenvalue weighted by molar-refractivity contribution is 5.94. The van der Waals surface area contributed by atoms with Crippen LogP contribution in [0.2, 0.25) is 0 Å². The topological polar surface area (TPSA) is 154 Å². The smallest absolute Gasteiger partial charge is 0.247 e. The van der Waals surface area contributed by atoms with Gasteiger partial charge in [0.2, 0.25) is 17.7 Å². The summed E-state index contributed by atoms with van der Waals surface area (Å²) in [6.45, 7) is 4.26. The second-order valence-electron chi connectivity index (χ2n) is 7.28. The number of aliphatic hydroxyl groups excluding tert-OH is 2. The first-order chi connectivity index (χ1) is 12.6. The Hall–Kier alpha value is -1.97. The summed E-state index contributed by atoms with van der Waals surface area (Å²) in [5.74, 6) is -0.853. The average molecular weight is 384 g/mol. The molecule has 9 nitrogen and oxygen atoms in total. The maximum absolute atomic E-state index is 12.4. The van der Waals surface area contributed by atoms with Gasteiger partial charge in [0.25, 0.3) is 0 Å². The number of carbonyl (C=O) groups excluding carboxylic acids is 3. The molecule has 7 N–H and O–H groups in total.